The molecule has 0 saturated carbocycles. The summed E-state index contributed by atoms with van der Waals surface area (Å²) >= 11 is 3.45. The second-order valence-electron chi connectivity index (χ2n) is 3.98. The zero-order chi connectivity index (χ0) is 13.7. The van der Waals surface area contributed by atoms with Gasteiger partial charge in [0.1, 0.15) is 0 Å². The van der Waals surface area contributed by atoms with Crippen molar-refractivity contribution in [3.05, 3.63) is 48.5 Å². The van der Waals surface area contributed by atoms with Crippen molar-refractivity contribution in [2.24, 2.45) is 0 Å². The lowest BCUT2D eigenvalue weighted by Gasteiger charge is -2.05. The fraction of sp³-hybridized carbons (Fsp3) is 0.133. The molecule has 0 aliphatic carbocycles. The summed E-state index contributed by atoms with van der Waals surface area (Å²) in [5, 5.41) is 2.76. The monoisotopic (exact) mass is 289 g/mol. The fourth-order valence-corrected chi connectivity index (χ4v) is 2.81. The molecular formula is C15H15NOS2. The van der Waals surface area contributed by atoms with Crippen LogP contribution in [-0.4, -0.2) is 12.2 Å². The van der Waals surface area contributed by atoms with Crippen LogP contribution in [0, 0.1) is 0 Å². The number of thioether (sulfide) groups is 1. The minimum absolute atomic E-state index is 0.0481. The molecule has 0 aliphatic rings. The topological polar surface area (TPSA) is 29.1 Å². The minimum Gasteiger partial charge on any atom is -0.326 e. The van der Waals surface area contributed by atoms with E-state index in [2.05, 4.69) is 35.8 Å². The Balaban J connectivity index is 2.04. The molecule has 0 unspecified atom stereocenters. The summed E-state index contributed by atoms with van der Waals surface area (Å²) in [5.74, 6) is -0.0481. The van der Waals surface area contributed by atoms with Crippen molar-refractivity contribution in [3.63, 3.8) is 0 Å². The highest BCUT2D eigenvalue weighted by atomic mass is 32.2. The third kappa shape index (κ3) is 4.33. The molecule has 0 fully saturated rings. The first-order valence-corrected chi connectivity index (χ1v) is 7.91. The first-order valence-electron chi connectivity index (χ1n) is 5.87. The maximum Gasteiger partial charge on any atom is 0.221 e. The molecule has 0 radical (unpaired) electrons. The van der Waals surface area contributed by atoms with Gasteiger partial charge >= 0.3 is 0 Å². The summed E-state index contributed by atoms with van der Waals surface area (Å²) in [6.45, 7) is 1.51. The van der Waals surface area contributed by atoms with Crippen LogP contribution < -0.4 is 5.32 Å². The number of benzene rings is 2. The van der Waals surface area contributed by atoms with Gasteiger partial charge in [-0.1, -0.05) is 11.8 Å². The average Bonchev–Trinajstić information content (AvgIpc) is 2.41. The summed E-state index contributed by atoms with van der Waals surface area (Å²) in [5.41, 5.74) is 0.828. The Hall–Kier alpha value is -1.39. The normalized spacial score (nSPS) is 10.2. The molecule has 98 valence electrons. The third-order valence-electron chi connectivity index (χ3n) is 2.47. The van der Waals surface area contributed by atoms with E-state index in [1.54, 1.807) is 23.5 Å². The Labute approximate surface area is 122 Å². The van der Waals surface area contributed by atoms with Gasteiger partial charge < -0.3 is 5.32 Å². The van der Waals surface area contributed by atoms with Gasteiger partial charge in [0, 0.05) is 27.3 Å². The van der Waals surface area contributed by atoms with Crippen molar-refractivity contribution in [1.29, 1.82) is 0 Å². The van der Waals surface area contributed by atoms with E-state index >= 15 is 0 Å². The van der Waals surface area contributed by atoms with Crippen molar-refractivity contribution in [1.82, 2.24) is 0 Å². The van der Waals surface area contributed by atoms with Gasteiger partial charge in [0.15, 0.2) is 0 Å². The van der Waals surface area contributed by atoms with Crippen LogP contribution in [0.2, 0.25) is 0 Å². The van der Waals surface area contributed by atoms with Gasteiger partial charge in [0.2, 0.25) is 5.91 Å². The van der Waals surface area contributed by atoms with Crippen LogP contribution in [-0.2, 0) is 4.79 Å². The highest BCUT2D eigenvalue weighted by molar-refractivity contribution is 7.99. The number of nitrogens with one attached hydrogen (secondary N) is 1. The summed E-state index contributed by atoms with van der Waals surface area (Å²) < 4.78 is 0. The molecule has 4 heteroatoms. The highest BCUT2D eigenvalue weighted by Crippen LogP contribution is 2.29. The van der Waals surface area contributed by atoms with Crippen molar-refractivity contribution >= 4 is 35.1 Å². The Morgan fingerprint density at radius 2 is 1.37 bits per heavy atom. The van der Waals surface area contributed by atoms with Gasteiger partial charge in [-0.25, -0.2) is 0 Å². The largest absolute Gasteiger partial charge is 0.326 e. The van der Waals surface area contributed by atoms with Crippen molar-refractivity contribution in [2.75, 3.05) is 11.6 Å². The quantitative estimate of drug-likeness (QED) is 0.839. The van der Waals surface area contributed by atoms with E-state index in [4.69, 9.17) is 0 Å². The van der Waals surface area contributed by atoms with Crippen molar-refractivity contribution < 1.29 is 4.79 Å². The third-order valence-corrected chi connectivity index (χ3v) is 4.23. The smallest absolute Gasteiger partial charge is 0.221 e. The van der Waals surface area contributed by atoms with Crippen molar-refractivity contribution in [3.8, 4) is 0 Å². The SMILES string of the molecule is CSc1ccc(Sc2ccc(NC(C)=O)cc2)cc1. The first kappa shape index (κ1) is 14.0. The molecule has 1 N–H and O–H groups in total. The maximum absolute atomic E-state index is 10.9. The Kier molecular flexibility index (Phi) is 4.93. The van der Waals surface area contributed by atoms with E-state index in [1.165, 1.54) is 16.7 Å². The van der Waals surface area contributed by atoms with Gasteiger partial charge in [-0.05, 0) is 54.8 Å². The van der Waals surface area contributed by atoms with E-state index in [0.717, 1.165) is 10.6 Å². The van der Waals surface area contributed by atoms with E-state index in [0.29, 0.717) is 0 Å². The molecule has 2 aromatic rings. The number of anilines is 1. The average molecular weight is 289 g/mol. The lowest BCUT2D eigenvalue weighted by atomic mass is 10.3. The number of carbonyl (C=O) groups excluding carboxylic acids is 1. The van der Waals surface area contributed by atoms with E-state index < -0.39 is 0 Å². The Bertz CT molecular complexity index is 549. The van der Waals surface area contributed by atoms with Crippen LogP contribution in [0.1, 0.15) is 6.92 Å². The molecular weight excluding hydrogens is 274 g/mol. The standard InChI is InChI=1S/C15H15NOS2/c1-11(17)16-12-3-5-14(6-4-12)19-15-9-7-13(18-2)8-10-15/h3-10H,1-2H3,(H,16,17). The summed E-state index contributed by atoms with van der Waals surface area (Å²) in [4.78, 5) is 14.6. The molecule has 0 saturated heterocycles. The van der Waals surface area contributed by atoms with E-state index in [1.807, 2.05) is 24.3 Å². The minimum atomic E-state index is -0.0481. The zero-order valence-electron chi connectivity index (χ0n) is 10.8. The molecule has 0 heterocycles. The van der Waals surface area contributed by atoms with Gasteiger partial charge in [-0.3, -0.25) is 4.79 Å². The predicted octanol–water partition coefficient (Wildman–Crippen LogP) is 4.52. The second-order valence-corrected chi connectivity index (χ2v) is 6.01. The number of amides is 1. The van der Waals surface area contributed by atoms with Gasteiger partial charge in [0.05, 0.1) is 0 Å². The van der Waals surface area contributed by atoms with Crippen LogP contribution in [0.25, 0.3) is 0 Å². The first-order chi connectivity index (χ1) is 9.17. The van der Waals surface area contributed by atoms with Gasteiger partial charge in [-0.2, -0.15) is 0 Å². The zero-order valence-corrected chi connectivity index (χ0v) is 12.5. The highest BCUT2D eigenvalue weighted by Gasteiger charge is 1.99. The Morgan fingerprint density at radius 1 is 0.895 bits per heavy atom. The summed E-state index contributed by atoms with van der Waals surface area (Å²) in [7, 11) is 0. The molecule has 0 aromatic heterocycles. The number of rotatable bonds is 4. The maximum atomic E-state index is 10.9. The molecule has 2 nitrogen and oxygen atoms in total. The number of carbonyl (C=O) groups is 1. The van der Waals surface area contributed by atoms with E-state index in [-0.39, 0.29) is 5.91 Å². The number of hydrogen-bond acceptors (Lipinski definition) is 3. The van der Waals surface area contributed by atoms with Crippen LogP contribution >= 0.6 is 23.5 Å². The molecule has 0 aliphatic heterocycles. The fourth-order valence-electron chi connectivity index (χ4n) is 1.59. The Morgan fingerprint density at radius 3 is 1.84 bits per heavy atom. The lowest BCUT2D eigenvalue weighted by molar-refractivity contribution is -0.114. The predicted molar refractivity (Wildman–Crippen MR) is 83.1 cm³/mol. The van der Waals surface area contributed by atoms with Crippen LogP contribution in [0.15, 0.2) is 63.2 Å². The van der Waals surface area contributed by atoms with Gasteiger partial charge in [-0.15, -0.1) is 11.8 Å². The van der Waals surface area contributed by atoms with Crippen LogP contribution in [0.3, 0.4) is 0 Å². The molecule has 2 aromatic carbocycles. The summed E-state index contributed by atoms with van der Waals surface area (Å²) in [6.07, 6.45) is 2.07. The molecule has 0 atom stereocenters. The van der Waals surface area contributed by atoms with Crippen molar-refractivity contribution in [2.45, 2.75) is 21.6 Å². The second kappa shape index (κ2) is 6.68. The molecule has 0 spiro atoms. The lowest BCUT2D eigenvalue weighted by Crippen LogP contribution is -2.05. The number of hydrogen-bond donors (Lipinski definition) is 1. The molecule has 2 rings (SSSR count). The molecule has 0 bridgehead atoms. The van der Waals surface area contributed by atoms with Gasteiger partial charge in [0.25, 0.3) is 0 Å². The molecule has 19 heavy (non-hydrogen) atoms. The van der Waals surface area contributed by atoms with Crippen LogP contribution in [0.5, 0.6) is 0 Å². The van der Waals surface area contributed by atoms with E-state index in [9.17, 15) is 4.79 Å². The summed E-state index contributed by atoms with van der Waals surface area (Å²) in [6, 6.07) is 16.4. The molecule has 1 amide bonds. The van der Waals surface area contributed by atoms with Crippen LogP contribution in [0.4, 0.5) is 5.69 Å².